The van der Waals surface area contributed by atoms with Gasteiger partial charge in [0.05, 0.1) is 0 Å². The smallest absolute Gasteiger partial charge is 0.0183 e. The van der Waals surface area contributed by atoms with Gasteiger partial charge in [-0.3, -0.25) is 0 Å². The van der Waals surface area contributed by atoms with Crippen molar-refractivity contribution in [2.75, 3.05) is 26.2 Å². The molecule has 0 unspecified atom stereocenters. The van der Waals surface area contributed by atoms with Crippen molar-refractivity contribution in [1.29, 1.82) is 0 Å². The molecule has 0 aromatic carbocycles. The average molecular weight is 238 g/mol. The van der Waals surface area contributed by atoms with Crippen molar-refractivity contribution in [2.24, 2.45) is 5.41 Å². The summed E-state index contributed by atoms with van der Waals surface area (Å²) >= 11 is 0. The third-order valence-electron chi connectivity index (χ3n) is 3.73. The Morgan fingerprint density at radius 3 is 2.53 bits per heavy atom. The highest BCUT2D eigenvalue weighted by Gasteiger charge is 2.17. The summed E-state index contributed by atoms with van der Waals surface area (Å²) in [4.78, 5) is 0. The first-order valence-electron chi connectivity index (χ1n) is 7.14. The van der Waals surface area contributed by atoms with Crippen molar-refractivity contribution < 1.29 is 0 Å². The summed E-state index contributed by atoms with van der Waals surface area (Å²) < 4.78 is 0. The lowest BCUT2D eigenvalue weighted by Crippen LogP contribution is -2.37. The molecule has 0 amide bonds. The Bertz CT molecular complexity index is 248. The van der Waals surface area contributed by atoms with Gasteiger partial charge in [0.25, 0.3) is 0 Å². The zero-order valence-corrected chi connectivity index (χ0v) is 12.2. The molecule has 0 spiro atoms. The molecule has 0 bridgehead atoms. The molecule has 0 atom stereocenters. The van der Waals surface area contributed by atoms with Gasteiger partial charge in [0, 0.05) is 26.2 Å². The molecule has 2 N–H and O–H groups in total. The normalized spacial score (nSPS) is 15.9. The van der Waals surface area contributed by atoms with Crippen LogP contribution in [0, 0.1) is 5.41 Å². The topological polar surface area (TPSA) is 24.1 Å². The monoisotopic (exact) mass is 238 g/mol. The van der Waals surface area contributed by atoms with Crippen LogP contribution in [0.1, 0.15) is 53.4 Å². The van der Waals surface area contributed by atoms with Crippen LogP contribution >= 0.6 is 0 Å². The van der Waals surface area contributed by atoms with Crippen LogP contribution < -0.4 is 10.6 Å². The molecular formula is C15H30N2. The number of nitrogens with one attached hydrogen (secondary N) is 2. The van der Waals surface area contributed by atoms with Crippen LogP contribution in [0.25, 0.3) is 0 Å². The second-order valence-electron chi connectivity index (χ2n) is 6.21. The average Bonchev–Trinajstić information content (AvgIpc) is 2.14. The SMILES string of the molecule is CCCCCC(C)(C)CNCC(C)=C1CNC1. The molecule has 0 aromatic heterocycles. The highest BCUT2D eigenvalue weighted by Crippen LogP contribution is 2.22. The summed E-state index contributed by atoms with van der Waals surface area (Å²) in [5.74, 6) is 0. The van der Waals surface area contributed by atoms with Gasteiger partial charge < -0.3 is 10.6 Å². The lowest BCUT2D eigenvalue weighted by molar-refractivity contribution is 0.306. The Balaban J connectivity index is 2.15. The van der Waals surface area contributed by atoms with Crippen molar-refractivity contribution in [2.45, 2.75) is 53.4 Å². The maximum Gasteiger partial charge on any atom is 0.0183 e. The van der Waals surface area contributed by atoms with E-state index in [0.717, 1.165) is 26.2 Å². The van der Waals surface area contributed by atoms with Gasteiger partial charge in [-0.2, -0.15) is 0 Å². The standard InChI is InChI=1S/C15H30N2/c1-5-6-7-8-15(3,4)12-17-9-13(2)14-10-16-11-14/h16-17H,5-12H2,1-4H3. The summed E-state index contributed by atoms with van der Waals surface area (Å²) in [6.07, 6.45) is 5.40. The Hall–Kier alpha value is -0.340. The van der Waals surface area contributed by atoms with Crippen molar-refractivity contribution in [1.82, 2.24) is 10.6 Å². The van der Waals surface area contributed by atoms with E-state index in [0.29, 0.717) is 5.41 Å². The van der Waals surface area contributed by atoms with Crippen molar-refractivity contribution in [3.8, 4) is 0 Å². The predicted molar refractivity (Wildman–Crippen MR) is 76.4 cm³/mol. The highest BCUT2D eigenvalue weighted by molar-refractivity contribution is 5.22. The van der Waals surface area contributed by atoms with Crippen LogP contribution in [0.4, 0.5) is 0 Å². The molecule has 1 aliphatic heterocycles. The summed E-state index contributed by atoms with van der Waals surface area (Å²) in [5, 5.41) is 6.91. The van der Waals surface area contributed by atoms with E-state index in [2.05, 4.69) is 38.3 Å². The number of rotatable bonds is 8. The van der Waals surface area contributed by atoms with Crippen molar-refractivity contribution >= 4 is 0 Å². The van der Waals surface area contributed by atoms with E-state index >= 15 is 0 Å². The largest absolute Gasteiger partial charge is 0.312 e. The lowest BCUT2D eigenvalue weighted by atomic mass is 9.87. The zero-order chi connectivity index (χ0) is 12.7. The molecule has 2 nitrogen and oxygen atoms in total. The highest BCUT2D eigenvalue weighted by atomic mass is 14.9. The number of hydrogen-bond donors (Lipinski definition) is 2. The molecule has 1 aliphatic rings. The molecule has 17 heavy (non-hydrogen) atoms. The molecule has 0 radical (unpaired) electrons. The second kappa shape index (κ2) is 7.17. The summed E-state index contributed by atoms with van der Waals surface area (Å²) in [7, 11) is 0. The maximum absolute atomic E-state index is 3.62. The third-order valence-corrected chi connectivity index (χ3v) is 3.73. The van der Waals surface area contributed by atoms with Crippen LogP contribution in [0.15, 0.2) is 11.1 Å². The van der Waals surface area contributed by atoms with Crippen LogP contribution in [0.5, 0.6) is 0 Å². The molecule has 0 aromatic rings. The van der Waals surface area contributed by atoms with E-state index < -0.39 is 0 Å². The lowest BCUT2D eigenvalue weighted by Gasteiger charge is -2.27. The first-order chi connectivity index (χ1) is 8.05. The molecule has 1 saturated heterocycles. The molecule has 100 valence electrons. The zero-order valence-electron chi connectivity index (χ0n) is 12.2. The molecule has 0 saturated carbocycles. The fourth-order valence-electron chi connectivity index (χ4n) is 2.21. The Morgan fingerprint density at radius 1 is 1.29 bits per heavy atom. The fourth-order valence-corrected chi connectivity index (χ4v) is 2.21. The fraction of sp³-hybridized carbons (Fsp3) is 0.867. The van der Waals surface area contributed by atoms with Gasteiger partial charge in [0.1, 0.15) is 0 Å². The maximum atomic E-state index is 3.62. The Kier molecular flexibility index (Phi) is 6.21. The second-order valence-corrected chi connectivity index (χ2v) is 6.21. The van der Waals surface area contributed by atoms with Crippen molar-refractivity contribution in [3.05, 3.63) is 11.1 Å². The van der Waals surface area contributed by atoms with E-state index in [9.17, 15) is 0 Å². The van der Waals surface area contributed by atoms with Crippen LogP contribution in [0.3, 0.4) is 0 Å². The summed E-state index contributed by atoms with van der Waals surface area (Å²) in [5.41, 5.74) is 3.58. The van der Waals surface area contributed by atoms with E-state index in [-0.39, 0.29) is 0 Å². The quantitative estimate of drug-likeness (QED) is 0.501. The molecule has 1 fully saturated rings. The van der Waals surface area contributed by atoms with E-state index in [4.69, 9.17) is 0 Å². The van der Waals surface area contributed by atoms with Crippen LogP contribution in [-0.2, 0) is 0 Å². The third kappa shape index (κ3) is 5.69. The van der Waals surface area contributed by atoms with Crippen LogP contribution in [-0.4, -0.2) is 26.2 Å². The van der Waals surface area contributed by atoms with Gasteiger partial charge in [0.2, 0.25) is 0 Å². The van der Waals surface area contributed by atoms with E-state index in [1.54, 1.807) is 5.57 Å². The molecular weight excluding hydrogens is 208 g/mol. The van der Waals surface area contributed by atoms with Gasteiger partial charge in [-0.25, -0.2) is 0 Å². The number of unbranched alkanes of at least 4 members (excludes halogenated alkanes) is 2. The summed E-state index contributed by atoms with van der Waals surface area (Å²) in [6.45, 7) is 13.7. The van der Waals surface area contributed by atoms with Gasteiger partial charge in [0.15, 0.2) is 0 Å². The molecule has 1 heterocycles. The van der Waals surface area contributed by atoms with Crippen LogP contribution in [0.2, 0.25) is 0 Å². The predicted octanol–water partition coefficient (Wildman–Crippen LogP) is 3.10. The Morgan fingerprint density at radius 2 is 2.00 bits per heavy atom. The van der Waals surface area contributed by atoms with Crippen molar-refractivity contribution in [3.63, 3.8) is 0 Å². The first-order valence-corrected chi connectivity index (χ1v) is 7.14. The van der Waals surface area contributed by atoms with E-state index in [1.165, 1.54) is 31.3 Å². The number of hydrogen-bond acceptors (Lipinski definition) is 2. The first kappa shape index (κ1) is 14.7. The molecule has 1 rings (SSSR count). The van der Waals surface area contributed by atoms with Gasteiger partial charge in [-0.15, -0.1) is 0 Å². The minimum Gasteiger partial charge on any atom is -0.312 e. The van der Waals surface area contributed by atoms with E-state index in [1.807, 2.05) is 0 Å². The van der Waals surface area contributed by atoms with Gasteiger partial charge >= 0.3 is 0 Å². The van der Waals surface area contributed by atoms with Gasteiger partial charge in [-0.1, -0.05) is 45.6 Å². The summed E-state index contributed by atoms with van der Waals surface area (Å²) in [6, 6.07) is 0. The van der Waals surface area contributed by atoms with Gasteiger partial charge in [-0.05, 0) is 24.3 Å². The Labute approximate surface area is 107 Å². The minimum atomic E-state index is 0.442. The molecule has 2 heteroatoms. The molecule has 0 aliphatic carbocycles. The minimum absolute atomic E-state index is 0.442.